The summed E-state index contributed by atoms with van der Waals surface area (Å²) in [7, 11) is 0. The zero-order chi connectivity index (χ0) is 52.1. The van der Waals surface area contributed by atoms with Gasteiger partial charge in [0.25, 0.3) is 6.71 Å². The summed E-state index contributed by atoms with van der Waals surface area (Å²) in [6, 6.07) is 62.2. The van der Waals surface area contributed by atoms with E-state index in [1.165, 1.54) is 38.7 Å². The van der Waals surface area contributed by atoms with Crippen LogP contribution in [0.3, 0.4) is 0 Å². The fourth-order valence-electron chi connectivity index (χ4n) is 13.9. The molecule has 0 saturated carbocycles. The van der Waals surface area contributed by atoms with Crippen LogP contribution in [0.5, 0.6) is 0 Å². The SMILES string of the molecule is [2H]C([2H])([2H])c1cc2c3c(c1)N(c1ccc(C(C)(C)C)cc1-c1ccccc1)c1ccc(N(c4ccccc4)c4ccccc4)cc1B3c1cc3c(cc1N2c1ccc2c(c1)C(C)(C)CC2(C)C)C(C)(C)CC3(C)C. The summed E-state index contributed by atoms with van der Waals surface area (Å²) in [4.78, 5) is 7.23. The maximum absolute atomic E-state index is 9.26. The van der Waals surface area contributed by atoms with Gasteiger partial charge in [0, 0.05) is 55.2 Å². The minimum atomic E-state index is -2.40. The average molecular weight is 929 g/mol. The first-order chi connectivity index (χ1) is 34.9. The fourth-order valence-corrected chi connectivity index (χ4v) is 13.9. The molecule has 4 heteroatoms. The molecule has 2 aliphatic carbocycles. The smallest absolute Gasteiger partial charge is 0.252 e. The van der Waals surface area contributed by atoms with Crippen LogP contribution in [0.1, 0.15) is 126 Å². The predicted molar refractivity (Wildman–Crippen MR) is 305 cm³/mol. The second-order valence-corrected chi connectivity index (χ2v) is 24.7. The van der Waals surface area contributed by atoms with E-state index in [1.807, 2.05) is 12.1 Å². The number of aryl methyl sites for hydroxylation is 1. The normalized spacial score (nSPS) is 18.1. The summed E-state index contributed by atoms with van der Waals surface area (Å²) in [6.07, 6.45) is 2.07. The van der Waals surface area contributed by atoms with Gasteiger partial charge in [-0.15, -0.1) is 0 Å². The highest BCUT2D eigenvalue weighted by atomic mass is 15.2. The predicted octanol–water partition coefficient (Wildman–Crippen LogP) is 16.4. The highest BCUT2D eigenvalue weighted by Gasteiger charge is 2.49. The van der Waals surface area contributed by atoms with Gasteiger partial charge >= 0.3 is 0 Å². The van der Waals surface area contributed by atoms with Gasteiger partial charge in [-0.25, -0.2) is 0 Å². The van der Waals surface area contributed by atoms with E-state index in [0.29, 0.717) is 5.56 Å². The van der Waals surface area contributed by atoms with Crippen LogP contribution >= 0.6 is 0 Å². The number of nitrogens with zero attached hydrogens (tertiary/aromatic N) is 3. The second kappa shape index (κ2) is 15.6. The second-order valence-electron chi connectivity index (χ2n) is 24.7. The lowest BCUT2D eigenvalue weighted by atomic mass is 9.33. The zero-order valence-corrected chi connectivity index (χ0v) is 43.5. The van der Waals surface area contributed by atoms with E-state index in [1.54, 1.807) is 0 Å². The van der Waals surface area contributed by atoms with E-state index < -0.39 is 6.85 Å². The molecule has 71 heavy (non-hydrogen) atoms. The van der Waals surface area contributed by atoms with E-state index in [0.717, 1.165) is 80.6 Å². The van der Waals surface area contributed by atoms with Gasteiger partial charge < -0.3 is 14.7 Å². The molecule has 3 nitrogen and oxygen atoms in total. The van der Waals surface area contributed by atoms with Gasteiger partial charge in [0.15, 0.2) is 0 Å². The van der Waals surface area contributed by atoms with Crippen LogP contribution in [0, 0.1) is 6.85 Å². The van der Waals surface area contributed by atoms with E-state index in [2.05, 4.69) is 249 Å². The van der Waals surface area contributed by atoms with E-state index in [-0.39, 0.29) is 33.8 Å². The number of anilines is 9. The molecule has 2 aliphatic heterocycles. The van der Waals surface area contributed by atoms with E-state index in [4.69, 9.17) is 0 Å². The Hall–Kier alpha value is -6.78. The number of rotatable bonds is 6. The van der Waals surface area contributed by atoms with Crippen LogP contribution < -0.4 is 31.1 Å². The lowest BCUT2D eigenvalue weighted by Gasteiger charge is -2.45. The number of hydrogen-bond donors (Lipinski definition) is 0. The average Bonchev–Trinajstić information content (AvgIpc) is 3.66. The van der Waals surface area contributed by atoms with Crippen LogP contribution in [0.25, 0.3) is 11.1 Å². The Balaban J connectivity index is 1.23. The van der Waals surface area contributed by atoms with Gasteiger partial charge in [-0.1, -0.05) is 161 Å². The Morgan fingerprint density at radius 2 is 1.00 bits per heavy atom. The summed E-state index contributed by atoms with van der Waals surface area (Å²) in [5, 5.41) is 0. The molecule has 12 rings (SSSR count). The highest BCUT2D eigenvalue weighted by Crippen LogP contribution is 2.55. The summed E-state index contributed by atoms with van der Waals surface area (Å²) >= 11 is 0. The minimum Gasteiger partial charge on any atom is -0.311 e. The van der Waals surface area contributed by atoms with Crippen molar-refractivity contribution in [1.29, 1.82) is 0 Å². The summed E-state index contributed by atoms with van der Waals surface area (Å²) in [5.74, 6) is 0. The van der Waals surface area contributed by atoms with Crippen molar-refractivity contribution in [2.75, 3.05) is 14.7 Å². The van der Waals surface area contributed by atoms with Crippen LogP contribution in [0.2, 0.25) is 0 Å². The Bertz CT molecular complexity index is 3510. The molecule has 8 aromatic rings. The molecule has 0 amide bonds. The molecule has 0 atom stereocenters. The molecule has 354 valence electrons. The van der Waals surface area contributed by atoms with Crippen molar-refractivity contribution in [3.63, 3.8) is 0 Å². The van der Waals surface area contributed by atoms with Gasteiger partial charge in [-0.3, -0.25) is 0 Å². The largest absolute Gasteiger partial charge is 0.311 e. The molecule has 0 radical (unpaired) electrons. The molecule has 8 aromatic carbocycles. The first kappa shape index (κ1) is 42.0. The Kier molecular flexibility index (Phi) is 9.23. The van der Waals surface area contributed by atoms with Crippen molar-refractivity contribution in [3.8, 4) is 11.1 Å². The third-order valence-electron chi connectivity index (χ3n) is 16.6. The maximum atomic E-state index is 9.26. The first-order valence-electron chi connectivity index (χ1n) is 27.3. The van der Waals surface area contributed by atoms with Crippen molar-refractivity contribution in [3.05, 3.63) is 203 Å². The van der Waals surface area contributed by atoms with Crippen LogP contribution in [-0.2, 0) is 27.1 Å². The Labute approximate surface area is 428 Å². The lowest BCUT2D eigenvalue weighted by Crippen LogP contribution is -2.61. The lowest BCUT2D eigenvalue weighted by molar-refractivity contribution is 0.403. The Morgan fingerprint density at radius 1 is 0.465 bits per heavy atom. The molecule has 0 bridgehead atoms. The van der Waals surface area contributed by atoms with Gasteiger partial charge in [0.1, 0.15) is 0 Å². The molecular formula is C67H68BN3. The number of hydrogen-bond acceptors (Lipinski definition) is 3. The first-order valence-corrected chi connectivity index (χ1v) is 25.8. The standard InChI is InChI=1S/C67H68BN3/c1-43-34-60-62-61(35-43)71(57-32-28-45(63(2,3)4)36-50(57)44-22-16-13-17-23-44)58-33-30-49(69(46-24-18-14-19-25-46)47-26-20-15-21-27-47)38-55(58)68(62)56-39-53-54(67(11,12)42-66(53,9)10)40-59(56)70(60)48-29-31-51-52(37-48)65(7,8)41-64(51,5)6/h13-40H,41-42H2,1-12H3/i1D3. The van der Waals surface area contributed by atoms with Gasteiger partial charge in [-0.05, 0) is 187 Å². The molecule has 0 fully saturated rings. The molecule has 0 spiro atoms. The molecule has 0 saturated heterocycles. The van der Waals surface area contributed by atoms with Gasteiger partial charge in [-0.2, -0.15) is 0 Å². The monoisotopic (exact) mass is 929 g/mol. The third-order valence-corrected chi connectivity index (χ3v) is 16.6. The van der Waals surface area contributed by atoms with E-state index >= 15 is 0 Å². The third kappa shape index (κ3) is 7.14. The number of benzene rings is 8. The Morgan fingerprint density at radius 3 is 1.61 bits per heavy atom. The molecule has 4 aliphatic rings. The van der Waals surface area contributed by atoms with E-state index in [9.17, 15) is 4.11 Å². The van der Waals surface area contributed by atoms with Crippen molar-refractivity contribution in [1.82, 2.24) is 0 Å². The van der Waals surface area contributed by atoms with Gasteiger partial charge in [0.2, 0.25) is 0 Å². The maximum Gasteiger partial charge on any atom is 0.252 e. The number of fused-ring (bicyclic) bond motifs is 6. The molecule has 0 unspecified atom stereocenters. The molecule has 2 heterocycles. The van der Waals surface area contributed by atoms with Crippen molar-refractivity contribution in [2.24, 2.45) is 0 Å². The quantitative estimate of drug-likeness (QED) is 0.154. The van der Waals surface area contributed by atoms with Crippen LogP contribution in [0.4, 0.5) is 51.2 Å². The summed E-state index contributed by atoms with van der Waals surface area (Å²) < 4.78 is 27.8. The number of para-hydroxylation sites is 2. The van der Waals surface area contributed by atoms with Crippen molar-refractivity contribution in [2.45, 2.75) is 123 Å². The minimum absolute atomic E-state index is 0.0212. The van der Waals surface area contributed by atoms with Crippen LogP contribution in [-0.4, -0.2) is 6.71 Å². The zero-order valence-electron chi connectivity index (χ0n) is 46.5. The van der Waals surface area contributed by atoms with Crippen molar-refractivity contribution >= 4 is 74.3 Å². The fraction of sp³-hybridized carbons (Fsp3) is 0.284. The molecular weight excluding hydrogens is 858 g/mol. The molecule has 0 N–H and O–H groups in total. The summed E-state index contributed by atoms with van der Waals surface area (Å²) in [5.41, 5.74) is 21.6. The molecule has 0 aromatic heterocycles. The topological polar surface area (TPSA) is 9.72 Å². The van der Waals surface area contributed by atoms with Gasteiger partial charge in [0.05, 0.1) is 5.69 Å². The van der Waals surface area contributed by atoms with Crippen molar-refractivity contribution < 1.29 is 4.11 Å². The summed E-state index contributed by atoms with van der Waals surface area (Å²) in [6.45, 7) is 23.3. The highest BCUT2D eigenvalue weighted by molar-refractivity contribution is 7.00. The van der Waals surface area contributed by atoms with Crippen LogP contribution in [0.15, 0.2) is 170 Å².